The van der Waals surface area contributed by atoms with Gasteiger partial charge < -0.3 is 14.6 Å². The number of hydrogen-bond acceptors (Lipinski definition) is 3. The smallest absolute Gasteiger partial charge is 0.0949 e. The molecular formula is C20H27N3O. The molecule has 2 fully saturated rings. The summed E-state index contributed by atoms with van der Waals surface area (Å²) >= 11 is 0. The number of nitrogens with zero attached hydrogens (tertiary/aromatic N) is 2. The lowest BCUT2D eigenvalue weighted by Crippen LogP contribution is -2.27. The Morgan fingerprint density at radius 3 is 2.42 bits per heavy atom. The molecule has 0 bridgehead atoms. The molecule has 4 nitrogen and oxygen atoms in total. The highest BCUT2D eigenvalue weighted by molar-refractivity contribution is 5.23. The summed E-state index contributed by atoms with van der Waals surface area (Å²) in [7, 11) is 1.86. The van der Waals surface area contributed by atoms with E-state index in [0.717, 1.165) is 24.9 Å². The molecule has 0 spiro atoms. The molecule has 1 heterocycles. The first-order chi connectivity index (χ1) is 11.8. The van der Waals surface area contributed by atoms with Gasteiger partial charge in [-0.25, -0.2) is 4.98 Å². The second-order valence-electron chi connectivity index (χ2n) is 7.45. The minimum Gasteiger partial charge on any atom is -0.381 e. The van der Waals surface area contributed by atoms with Crippen LogP contribution >= 0.6 is 0 Å². The Balaban J connectivity index is 1.25. The Morgan fingerprint density at radius 2 is 1.79 bits per heavy atom. The summed E-state index contributed by atoms with van der Waals surface area (Å²) in [5, 5.41) is 3.77. The number of rotatable bonds is 6. The standard InChI is InChI=1S/C20H27N3O/c1-24-20-10-17-8-19(9-18(17)11-20)22-12-15-2-4-16(5-3-15)13-23-7-6-21-14-23/h2-7,14,17-20,22H,8-13H2,1H3/t17-,18+,19?,20?. The first-order valence-electron chi connectivity index (χ1n) is 9.10. The normalized spacial score (nSPS) is 29.0. The van der Waals surface area contributed by atoms with Crippen molar-refractivity contribution < 1.29 is 4.74 Å². The molecule has 0 amide bonds. The molecule has 4 atom stereocenters. The fourth-order valence-corrected chi connectivity index (χ4v) is 4.54. The third-order valence-electron chi connectivity index (χ3n) is 5.85. The molecule has 1 aromatic carbocycles. The zero-order valence-electron chi connectivity index (χ0n) is 14.4. The van der Waals surface area contributed by atoms with E-state index in [2.05, 4.69) is 39.1 Å². The second-order valence-corrected chi connectivity index (χ2v) is 7.45. The molecule has 128 valence electrons. The molecular weight excluding hydrogens is 298 g/mol. The van der Waals surface area contributed by atoms with Crippen LogP contribution in [0.25, 0.3) is 0 Å². The number of imidazole rings is 1. The summed E-state index contributed by atoms with van der Waals surface area (Å²) in [6, 6.07) is 9.63. The van der Waals surface area contributed by atoms with Gasteiger partial charge in [0.25, 0.3) is 0 Å². The van der Waals surface area contributed by atoms with Crippen molar-refractivity contribution in [3.05, 3.63) is 54.1 Å². The van der Waals surface area contributed by atoms with Crippen LogP contribution in [0.3, 0.4) is 0 Å². The van der Waals surface area contributed by atoms with E-state index >= 15 is 0 Å². The van der Waals surface area contributed by atoms with Crippen LogP contribution in [0.15, 0.2) is 43.0 Å². The van der Waals surface area contributed by atoms with Crippen LogP contribution < -0.4 is 5.32 Å². The first kappa shape index (κ1) is 15.9. The maximum atomic E-state index is 5.53. The Labute approximate surface area is 144 Å². The molecule has 2 aliphatic rings. The monoisotopic (exact) mass is 325 g/mol. The van der Waals surface area contributed by atoms with Gasteiger partial charge in [-0.2, -0.15) is 0 Å². The van der Waals surface area contributed by atoms with E-state index in [1.54, 1.807) is 0 Å². The maximum absolute atomic E-state index is 5.53. The van der Waals surface area contributed by atoms with Gasteiger partial charge in [-0.05, 0) is 48.6 Å². The molecule has 4 heteroatoms. The molecule has 2 saturated carbocycles. The third kappa shape index (κ3) is 3.55. The van der Waals surface area contributed by atoms with Gasteiger partial charge in [0.2, 0.25) is 0 Å². The van der Waals surface area contributed by atoms with Crippen molar-refractivity contribution in [1.29, 1.82) is 0 Å². The van der Waals surface area contributed by atoms with Crippen molar-refractivity contribution in [1.82, 2.24) is 14.9 Å². The Morgan fingerprint density at radius 1 is 1.08 bits per heavy atom. The van der Waals surface area contributed by atoms with E-state index in [-0.39, 0.29) is 0 Å². The summed E-state index contributed by atoms with van der Waals surface area (Å²) in [5.74, 6) is 1.76. The second kappa shape index (κ2) is 7.08. The minimum absolute atomic E-state index is 0.518. The van der Waals surface area contributed by atoms with Gasteiger partial charge in [0.05, 0.1) is 12.4 Å². The first-order valence-corrected chi connectivity index (χ1v) is 9.10. The average Bonchev–Trinajstić information content (AvgIpc) is 3.30. The summed E-state index contributed by atoms with van der Waals surface area (Å²) in [5.41, 5.74) is 2.69. The molecule has 0 radical (unpaired) electrons. The number of aromatic nitrogens is 2. The lowest BCUT2D eigenvalue weighted by atomic mass is 10.0. The highest BCUT2D eigenvalue weighted by Gasteiger charge is 2.41. The van der Waals surface area contributed by atoms with E-state index in [4.69, 9.17) is 4.74 Å². The van der Waals surface area contributed by atoms with Gasteiger partial charge in [0.15, 0.2) is 0 Å². The van der Waals surface area contributed by atoms with Gasteiger partial charge in [0.1, 0.15) is 0 Å². The van der Waals surface area contributed by atoms with Gasteiger partial charge >= 0.3 is 0 Å². The number of hydrogen-bond donors (Lipinski definition) is 1. The van der Waals surface area contributed by atoms with Crippen LogP contribution in [0, 0.1) is 11.8 Å². The average molecular weight is 325 g/mol. The molecule has 2 aromatic rings. The minimum atomic E-state index is 0.518. The SMILES string of the molecule is COC1C[C@H]2CC(NCc3ccc(Cn4ccnc4)cc3)C[C@H]2C1. The van der Waals surface area contributed by atoms with Crippen molar-refractivity contribution >= 4 is 0 Å². The van der Waals surface area contributed by atoms with Gasteiger partial charge in [-0.1, -0.05) is 24.3 Å². The predicted molar refractivity (Wildman–Crippen MR) is 94.6 cm³/mol. The summed E-state index contributed by atoms with van der Waals surface area (Å²) in [4.78, 5) is 4.09. The lowest BCUT2D eigenvalue weighted by Gasteiger charge is -2.16. The Bertz CT molecular complexity index is 623. The summed E-state index contributed by atoms with van der Waals surface area (Å²) < 4.78 is 7.63. The molecule has 1 aromatic heterocycles. The quantitative estimate of drug-likeness (QED) is 0.886. The highest BCUT2D eigenvalue weighted by Crippen LogP contribution is 2.44. The van der Waals surface area contributed by atoms with Crippen molar-refractivity contribution in [3.8, 4) is 0 Å². The zero-order valence-corrected chi connectivity index (χ0v) is 14.4. The molecule has 2 aliphatic carbocycles. The third-order valence-corrected chi connectivity index (χ3v) is 5.85. The number of ether oxygens (including phenoxy) is 1. The van der Waals surface area contributed by atoms with Crippen LogP contribution in [-0.2, 0) is 17.8 Å². The lowest BCUT2D eigenvalue weighted by molar-refractivity contribution is 0.100. The Kier molecular flexibility index (Phi) is 4.67. The van der Waals surface area contributed by atoms with Gasteiger partial charge in [-0.15, -0.1) is 0 Å². The van der Waals surface area contributed by atoms with Crippen molar-refractivity contribution in [2.75, 3.05) is 7.11 Å². The van der Waals surface area contributed by atoms with Gasteiger partial charge in [-0.3, -0.25) is 0 Å². The van der Waals surface area contributed by atoms with Crippen LogP contribution in [-0.4, -0.2) is 28.8 Å². The molecule has 2 unspecified atom stereocenters. The number of methoxy groups -OCH3 is 1. The van der Waals surface area contributed by atoms with Crippen LogP contribution in [0.4, 0.5) is 0 Å². The number of fused-ring (bicyclic) bond motifs is 1. The van der Waals surface area contributed by atoms with Crippen LogP contribution in [0.1, 0.15) is 36.8 Å². The van der Waals surface area contributed by atoms with E-state index in [9.17, 15) is 0 Å². The largest absolute Gasteiger partial charge is 0.381 e. The topological polar surface area (TPSA) is 39.1 Å². The number of benzene rings is 1. The molecule has 0 aliphatic heterocycles. The Hall–Kier alpha value is -1.65. The predicted octanol–water partition coefficient (Wildman–Crippen LogP) is 3.22. The zero-order chi connectivity index (χ0) is 16.4. The summed E-state index contributed by atoms with van der Waals surface area (Å²) in [6.07, 6.45) is 11.4. The van der Waals surface area contributed by atoms with Crippen LogP contribution in [0.2, 0.25) is 0 Å². The van der Waals surface area contributed by atoms with E-state index < -0.39 is 0 Å². The van der Waals surface area contributed by atoms with E-state index in [1.807, 2.05) is 25.8 Å². The highest BCUT2D eigenvalue weighted by atomic mass is 16.5. The molecule has 0 saturated heterocycles. The van der Waals surface area contributed by atoms with Crippen LogP contribution in [0.5, 0.6) is 0 Å². The fourth-order valence-electron chi connectivity index (χ4n) is 4.54. The summed E-state index contributed by atoms with van der Waals surface area (Å²) in [6.45, 7) is 1.86. The van der Waals surface area contributed by atoms with Crippen molar-refractivity contribution in [3.63, 3.8) is 0 Å². The van der Waals surface area contributed by atoms with Crippen molar-refractivity contribution in [2.24, 2.45) is 11.8 Å². The molecule has 24 heavy (non-hydrogen) atoms. The van der Waals surface area contributed by atoms with E-state index in [0.29, 0.717) is 12.1 Å². The molecule has 1 N–H and O–H groups in total. The van der Waals surface area contributed by atoms with Crippen molar-refractivity contribution in [2.45, 2.75) is 50.9 Å². The number of nitrogens with one attached hydrogen (secondary N) is 1. The molecule has 4 rings (SSSR count). The van der Waals surface area contributed by atoms with Gasteiger partial charge in [0, 0.05) is 38.6 Å². The fraction of sp³-hybridized carbons (Fsp3) is 0.550. The maximum Gasteiger partial charge on any atom is 0.0949 e. The van der Waals surface area contributed by atoms with E-state index in [1.165, 1.54) is 36.8 Å².